The van der Waals surface area contributed by atoms with Crippen molar-refractivity contribution >= 4 is 0 Å². The first-order valence-corrected chi connectivity index (χ1v) is 6.40. The van der Waals surface area contributed by atoms with Crippen LogP contribution in [0.3, 0.4) is 0 Å². The third-order valence-electron chi connectivity index (χ3n) is 3.35. The Morgan fingerprint density at radius 3 is 3.17 bits per heavy atom. The van der Waals surface area contributed by atoms with Crippen LogP contribution in [0.4, 0.5) is 0 Å². The van der Waals surface area contributed by atoms with Gasteiger partial charge in [0.25, 0.3) is 5.89 Å². The number of rotatable bonds is 2. The highest BCUT2D eigenvalue weighted by atomic mass is 16.5. The van der Waals surface area contributed by atoms with Crippen molar-refractivity contribution in [2.75, 3.05) is 6.54 Å². The van der Waals surface area contributed by atoms with E-state index in [1.165, 1.54) is 19.3 Å². The summed E-state index contributed by atoms with van der Waals surface area (Å²) in [5.41, 5.74) is 0.849. The molecule has 1 saturated heterocycles. The molecule has 0 aromatic carbocycles. The standard InChI is InChI=1S/C12H17N5O/c1-17-10(6-8-14-17)12-15-11(16-18-12)9-5-3-2-4-7-13-9/h6,8-9,13H,2-5,7H2,1H3/t9-/m1/s1. The molecule has 3 heterocycles. The summed E-state index contributed by atoms with van der Waals surface area (Å²) in [4.78, 5) is 4.48. The number of nitrogens with one attached hydrogen (secondary N) is 1. The Bertz CT molecular complexity index is 510. The molecule has 2 aromatic heterocycles. The van der Waals surface area contributed by atoms with Gasteiger partial charge in [0.05, 0.1) is 6.04 Å². The van der Waals surface area contributed by atoms with Crippen LogP contribution in [-0.4, -0.2) is 26.5 Å². The van der Waals surface area contributed by atoms with E-state index in [1.807, 2.05) is 13.1 Å². The van der Waals surface area contributed by atoms with Crippen LogP contribution in [0.5, 0.6) is 0 Å². The van der Waals surface area contributed by atoms with Gasteiger partial charge in [-0.1, -0.05) is 18.0 Å². The van der Waals surface area contributed by atoms with E-state index in [0.29, 0.717) is 5.89 Å². The van der Waals surface area contributed by atoms with E-state index in [1.54, 1.807) is 10.9 Å². The summed E-state index contributed by atoms with van der Waals surface area (Å²) < 4.78 is 7.06. The maximum absolute atomic E-state index is 5.32. The Morgan fingerprint density at radius 1 is 1.39 bits per heavy atom. The first-order chi connectivity index (χ1) is 8.84. The topological polar surface area (TPSA) is 68.8 Å². The Hall–Kier alpha value is -1.69. The molecular weight excluding hydrogens is 230 g/mol. The lowest BCUT2D eigenvalue weighted by atomic mass is 10.1. The van der Waals surface area contributed by atoms with Crippen LogP contribution >= 0.6 is 0 Å². The average Bonchev–Trinajstić information content (AvgIpc) is 2.91. The van der Waals surface area contributed by atoms with Crippen molar-refractivity contribution in [2.45, 2.75) is 31.7 Å². The van der Waals surface area contributed by atoms with Crippen molar-refractivity contribution in [3.8, 4) is 11.6 Å². The summed E-state index contributed by atoms with van der Waals surface area (Å²) in [6.07, 6.45) is 6.51. The van der Waals surface area contributed by atoms with Crippen LogP contribution in [-0.2, 0) is 7.05 Å². The molecular formula is C12H17N5O. The van der Waals surface area contributed by atoms with Gasteiger partial charge in [0.2, 0.25) is 0 Å². The first-order valence-electron chi connectivity index (χ1n) is 6.40. The summed E-state index contributed by atoms with van der Waals surface area (Å²) in [5, 5.41) is 11.7. The predicted molar refractivity (Wildman–Crippen MR) is 65.7 cm³/mol. The molecule has 0 bridgehead atoms. The van der Waals surface area contributed by atoms with Crippen molar-refractivity contribution in [3.05, 3.63) is 18.1 Å². The molecule has 0 saturated carbocycles. The minimum absolute atomic E-state index is 0.221. The predicted octanol–water partition coefficient (Wildman–Crippen LogP) is 1.67. The quantitative estimate of drug-likeness (QED) is 0.874. The van der Waals surface area contributed by atoms with Gasteiger partial charge in [-0.25, -0.2) is 0 Å². The highest BCUT2D eigenvalue weighted by Gasteiger charge is 2.20. The lowest BCUT2D eigenvalue weighted by Crippen LogP contribution is -2.21. The van der Waals surface area contributed by atoms with Gasteiger partial charge in [0.15, 0.2) is 5.82 Å². The first kappa shape index (κ1) is 11.4. The van der Waals surface area contributed by atoms with E-state index in [-0.39, 0.29) is 6.04 Å². The molecule has 6 nitrogen and oxygen atoms in total. The Balaban J connectivity index is 1.82. The monoisotopic (exact) mass is 247 g/mol. The lowest BCUT2D eigenvalue weighted by molar-refractivity contribution is 0.400. The summed E-state index contributed by atoms with van der Waals surface area (Å²) in [6.45, 7) is 1.03. The number of hydrogen-bond donors (Lipinski definition) is 1. The minimum Gasteiger partial charge on any atom is -0.332 e. The highest BCUT2D eigenvalue weighted by molar-refractivity contribution is 5.45. The van der Waals surface area contributed by atoms with E-state index in [2.05, 4.69) is 20.6 Å². The van der Waals surface area contributed by atoms with Crippen molar-refractivity contribution in [2.24, 2.45) is 7.05 Å². The van der Waals surface area contributed by atoms with Gasteiger partial charge in [-0.2, -0.15) is 10.1 Å². The summed E-state index contributed by atoms with van der Waals surface area (Å²) >= 11 is 0. The fourth-order valence-electron chi connectivity index (χ4n) is 2.31. The van der Waals surface area contributed by atoms with Crippen LogP contribution < -0.4 is 5.32 Å². The fourth-order valence-corrected chi connectivity index (χ4v) is 2.31. The second kappa shape index (κ2) is 4.89. The number of aryl methyl sites for hydroxylation is 1. The summed E-state index contributed by atoms with van der Waals surface area (Å²) in [6, 6.07) is 2.09. The molecule has 1 aliphatic rings. The molecule has 18 heavy (non-hydrogen) atoms. The maximum atomic E-state index is 5.32. The molecule has 1 atom stereocenters. The third kappa shape index (κ3) is 2.15. The van der Waals surface area contributed by atoms with Gasteiger partial charge in [-0.05, 0) is 25.5 Å². The second-order valence-electron chi connectivity index (χ2n) is 4.65. The lowest BCUT2D eigenvalue weighted by Gasteiger charge is -2.09. The molecule has 0 aliphatic carbocycles. The zero-order valence-electron chi connectivity index (χ0n) is 10.5. The Morgan fingerprint density at radius 2 is 2.33 bits per heavy atom. The van der Waals surface area contributed by atoms with Gasteiger partial charge in [0.1, 0.15) is 5.69 Å². The number of aromatic nitrogens is 4. The van der Waals surface area contributed by atoms with Gasteiger partial charge in [-0.15, -0.1) is 0 Å². The molecule has 2 aromatic rings. The largest absolute Gasteiger partial charge is 0.332 e. The summed E-state index contributed by atoms with van der Waals surface area (Å²) in [5.74, 6) is 1.30. The number of nitrogens with zero attached hydrogens (tertiary/aromatic N) is 4. The molecule has 0 unspecified atom stereocenters. The maximum Gasteiger partial charge on any atom is 0.276 e. The van der Waals surface area contributed by atoms with E-state index in [4.69, 9.17) is 4.52 Å². The van der Waals surface area contributed by atoms with E-state index in [9.17, 15) is 0 Å². The molecule has 1 fully saturated rings. The van der Waals surface area contributed by atoms with Crippen molar-refractivity contribution in [1.29, 1.82) is 0 Å². The molecule has 96 valence electrons. The molecule has 1 aliphatic heterocycles. The van der Waals surface area contributed by atoms with Crippen LogP contribution in [0.1, 0.15) is 37.5 Å². The molecule has 0 spiro atoms. The van der Waals surface area contributed by atoms with Gasteiger partial charge >= 0.3 is 0 Å². The SMILES string of the molecule is Cn1nccc1-c1nc([C@H]2CCCCCN2)no1. The van der Waals surface area contributed by atoms with E-state index >= 15 is 0 Å². The molecule has 6 heteroatoms. The molecule has 0 amide bonds. The molecule has 1 N–H and O–H groups in total. The van der Waals surface area contributed by atoms with Crippen molar-refractivity contribution in [1.82, 2.24) is 25.2 Å². The second-order valence-corrected chi connectivity index (χ2v) is 4.65. The van der Waals surface area contributed by atoms with Crippen LogP contribution in [0, 0.1) is 0 Å². The Kier molecular flexibility index (Phi) is 3.10. The third-order valence-corrected chi connectivity index (χ3v) is 3.35. The Labute approximate surface area is 105 Å². The molecule has 0 radical (unpaired) electrons. The van der Waals surface area contributed by atoms with Crippen molar-refractivity contribution < 1.29 is 4.52 Å². The summed E-state index contributed by atoms with van der Waals surface area (Å²) in [7, 11) is 1.86. The van der Waals surface area contributed by atoms with Crippen molar-refractivity contribution in [3.63, 3.8) is 0 Å². The minimum atomic E-state index is 0.221. The van der Waals surface area contributed by atoms with Crippen LogP contribution in [0.2, 0.25) is 0 Å². The van der Waals surface area contributed by atoms with Gasteiger partial charge in [-0.3, -0.25) is 4.68 Å². The average molecular weight is 247 g/mol. The molecule has 3 rings (SSSR count). The highest BCUT2D eigenvalue weighted by Crippen LogP contribution is 2.23. The van der Waals surface area contributed by atoms with Crippen LogP contribution in [0.15, 0.2) is 16.8 Å². The van der Waals surface area contributed by atoms with E-state index < -0.39 is 0 Å². The van der Waals surface area contributed by atoms with Gasteiger partial charge in [0, 0.05) is 13.2 Å². The zero-order chi connectivity index (χ0) is 12.4. The van der Waals surface area contributed by atoms with Crippen LogP contribution in [0.25, 0.3) is 11.6 Å². The van der Waals surface area contributed by atoms with Gasteiger partial charge < -0.3 is 9.84 Å². The van der Waals surface area contributed by atoms with E-state index in [0.717, 1.165) is 24.5 Å². The fraction of sp³-hybridized carbons (Fsp3) is 0.583. The normalized spacial score (nSPS) is 20.8. The zero-order valence-corrected chi connectivity index (χ0v) is 10.5. The smallest absolute Gasteiger partial charge is 0.276 e. The number of hydrogen-bond acceptors (Lipinski definition) is 5.